The zero-order valence-corrected chi connectivity index (χ0v) is 15.1. The van der Waals surface area contributed by atoms with Crippen molar-refractivity contribution in [2.45, 2.75) is 26.3 Å². The number of fused-ring (bicyclic) bond motifs is 1. The summed E-state index contributed by atoms with van der Waals surface area (Å²) in [4.78, 5) is 60.1. The van der Waals surface area contributed by atoms with Crippen LogP contribution in [0.4, 0.5) is 0 Å². The number of imide groups is 1. The lowest BCUT2D eigenvalue weighted by Gasteiger charge is -2.25. The molecule has 144 valence electrons. The summed E-state index contributed by atoms with van der Waals surface area (Å²) in [6.07, 6.45) is 0.0145. The Kier molecular flexibility index (Phi) is 6.64. The van der Waals surface area contributed by atoms with Gasteiger partial charge < -0.3 is 15.4 Å². The fraction of sp³-hybridized carbons (Fsp3) is 0.389. The second-order valence-corrected chi connectivity index (χ2v) is 6.28. The molecular formula is C18H21N3O6. The van der Waals surface area contributed by atoms with Gasteiger partial charge in [0.15, 0.2) is 6.61 Å². The van der Waals surface area contributed by atoms with Gasteiger partial charge >= 0.3 is 5.97 Å². The fourth-order valence-corrected chi connectivity index (χ4v) is 2.48. The molecule has 1 aliphatic rings. The number of nitrogens with one attached hydrogen (secondary N) is 2. The van der Waals surface area contributed by atoms with Gasteiger partial charge in [-0.25, -0.2) is 0 Å². The normalized spacial score (nSPS) is 13.2. The van der Waals surface area contributed by atoms with Gasteiger partial charge in [-0.1, -0.05) is 18.2 Å². The molecule has 0 unspecified atom stereocenters. The SMILES string of the molecule is CC(C)NC(=O)CNC(=O)COC(=O)CN1C(=O)Cc2ccccc2C1=O. The van der Waals surface area contributed by atoms with Crippen molar-refractivity contribution in [3.05, 3.63) is 35.4 Å². The van der Waals surface area contributed by atoms with E-state index in [1.807, 2.05) is 0 Å². The van der Waals surface area contributed by atoms with Crippen molar-refractivity contribution in [3.8, 4) is 0 Å². The van der Waals surface area contributed by atoms with E-state index in [1.54, 1.807) is 38.1 Å². The van der Waals surface area contributed by atoms with E-state index in [0.717, 1.165) is 4.90 Å². The highest BCUT2D eigenvalue weighted by Gasteiger charge is 2.32. The first-order valence-corrected chi connectivity index (χ1v) is 8.42. The maximum absolute atomic E-state index is 12.3. The lowest BCUT2D eigenvalue weighted by atomic mass is 9.98. The predicted molar refractivity (Wildman–Crippen MR) is 93.4 cm³/mol. The second kappa shape index (κ2) is 8.93. The number of carbonyl (C=O) groups is 5. The predicted octanol–water partition coefficient (Wildman–Crippen LogP) is -0.604. The molecule has 0 spiro atoms. The summed E-state index contributed by atoms with van der Waals surface area (Å²) in [5.74, 6) is -3.01. The van der Waals surface area contributed by atoms with E-state index < -0.39 is 36.8 Å². The Hall–Kier alpha value is -3.23. The molecule has 0 radical (unpaired) electrons. The molecule has 27 heavy (non-hydrogen) atoms. The van der Waals surface area contributed by atoms with Gasteiger partial charge in [0.2, 0.25) is 11.8 Å². The fourth-order valence-electron chi connectivity index (χ4n) is 2.48. The molecule has 0 atom stereocenters. The summed E-state index contributed by atoms with van der Waals surface area (Å²) in [5.41, 5.74) is 0.968. The summed E-state index contributed by atoms with van der Waals surface area (Å²) < 4.78 is 4.78. The Balaban J connectivity index is 1.80. The number of amides is 4. The Bertz CT molecular complexity index is 774. The molecule has 0 fully saturated rings. The smallest absolute Gasteiger partial charge is 0.326 e. The number of carbonyl (C=O) groups excluding carboxylic acids is 5. The minimum atomic E-state index is -0.891. The van der Waals surface area contributed by atoms with Gasteiger partial charge in [0.25, 0.3) is 11.8 Å². The topological polar surface area (TPSA) is 122 Å². The molecule has 1 aromatic carbocycles. The molecule has 9 heteroatoms. The summed E-state index contributed by atoms with van der Waals surface area (Å²) in [7, 11) is 0. The average Bonchev–Trinajstić information content (AvgIpc) is 2.61. The van der Waals surface area contributed by atoms with Crippen LogP contribution in [0, 0.1) is 0 Å². The highest BCUT2D eigenvalue weighted by atomic mass is 16.5. The van der Waals surface area contributed by atoms with Crippen LogP contribution in [0.3, 0.4) is 0 Å². The van der Waals surface area contributed by atoms with Crippen molar-refractivity contribution in [1.82, 2.24) is 15.5 Å². The molecule has 4 amide bonds. The molecular weight excluding hydrogens is 354 g/mol. The number of nitrogens with zero attached hydrogens (tertiary/aromatic N) is 1. The molecule has 0 aromatic heterocycles. The number of ether oxygens (including phenoxy) is 1. The van der Waals surface area contributed by atoms with E-state index in [9.17, 15) is 24.0 Å². The van der Waals surface area contributed by atoms with Gasteiger partial charge in [0, 0.05) is 11.6 Å². The highest BCUT2D eigenvalue weighted by Crippen LogP contribution is 2.19. The third-order valence-corrected chi connectivity index (χ3v) is 3.68. The van der Waals surface area contributed by atoms with Gasteiger partial charge in [-0.15, -0.1) is 0 Å². The summed E-state index contributed by atoms with van der Waals surface area (Å²) in [6.45, 7) is 2.13. The average molecular weight is 375 g/mol. The van der Waals surface area contributed by atoms with E-state index in [2.05, 4.69) is 10.6 Å². The van der Waals surface area contributed by atoms with Crippen LogP contribution in [0.25, 0.3) is 0 Å². The zero-order valence-electron chi connectivity index (χ0n) is 15.1. The van der Waals surface area contributed by atoms with Crippen LogP contribution >= 0.6 is 0 Å². The maximum atomic E-state index is 12.3. The molecule has 0 saturated carbocycles. The van der Waals surface area contributed by atoms with Gasteiger partial charge in [-0.05, 0) is 25.5 Å². The van der Waals surface area contributed by atoms with E-state index in [1.165, 1.54) is 0 Å². The van der Waals surface area contributed by atoms with Gasteiger partial charge in [-0.3, -0.25) is 28.9 Å². The first-order chi connectivity index (χ1) is 12.8. The Labute approximate surface area is 156 Å². The third-order valence-electron chi connectivity index (χ3n) is 3.68. The van der Waals surface area contributed by atoms with Crippen LogP contribution in [0.1, 0.15) is 29.8 Å². The van der Waals surface area contributed by atoms with Gasteiger partial charge in [0.1, 0.15) is 6.54 Å². The van der Waals surface area contributed by atoms with Crippen molar-refractivity contribution in [2.24, 2.45) is 0 Å². The molecule has 1 aliphatic heterocycles. The summed E-state index contributed by atoms with van der Waals surface area (Å²) >= 11 is 0. The van der Waals surface area contributed by atoms with Crippen molar-refractivity contribution in [3.63, 3.8) is 0 Å². The van der Waals surface area contributed by atoms with E-state index in [0.29, 0.717) is 11.1 Å². The number of rotatable bonds is 7. The van der Waals surface area contributed by atoms with Crippen LogP contribution in [-0.4, -0.2) is 60.2 Å². The van der Waals surface area contributed by atoms with Crippen LogP contribution in [0.15, 0.2) is 24.3 Å². The van der Waals surface area contributed by atoms with Crippen molar-refractivity contribution in [1.29, 1.82) is 0 Å². The standard InChI is InChI=1S/C18H21N3O6/c1-11(2)20-14(22)8-19-15(23)10-27-17(25)9-21-16(24)7-12-5-3-4-6-13(12)18(21)26/h3-6,11H,7-10H2,1-2H3,(H,19,23)(H,20,22). The second-order valence-electron chi connectivity index (χ2n) is 6.28. The number of benzene rings is 1. The molecule has 2 rings (SSSR count). The first kappa shape index (κ1) is 20.1. The minimum absolute atomic E-state index is 0.0145. The van der Waals surface area contributed by atoms with Crippen LogP contribution in [-0.2, 0) is 30.3 Å². The van der Waals surface area contributed by atoms with Crippen LogP contribution in [0.5, 0.6) is 0 Å². The summed E-state index contributed by atoms with van der Waals surface area (Å²) in [6, 6.07) is 6.60. The number of esters is 1. The number of hydrogen-bond acceptors (Lipinski definition) is 6. The van der Waals surface area contributed by atoms with Crippen LogP contribution in [0.2, 0.25) is 0 Å². The molecule has 0 bridgehead atoms. The van der Waals surface area contributed by atoms with Gasteiger partial charge in [0.05, 0.1) is 13.0 Å². The van der Waals surface area contributed by atoms with Crippen molar-refractivity contribution < 1.29 is 28.7 Å². The summed E-state index contributed by atoms with van der Waals surface area (Å²) in [5, 5.41) is 4.89. The minimum Gasteiger partial charge on any atom is -0.454 e. The highest BCUT2D eigenvalue weighted by molar-refractivity contribution is 6.11. The Morgan fingerprint density at radius 2 is 1.85 bits per heavy atom. The Morgan fingerprint density at radius 1 is 1.15 bits per heavy atom. The molecule has 1 aromatic rings. The molecule has 0 aliphatic carbocycles. The monoisotopic (exact) mass is 375 g/mol. The van der Waals surface area contributed by atoms with Crippen molar-refractivity contribution in [2.75, 3.05) is 19.7 Å². The molecule has 0 saturated heterocycles. The lowest BCUT2D eigenvalue weighted by Crippen LogP contribution is -2.46. The maximum Gasteiger partial charge on any atom is 0.326 e. The zero-order chi connectivity index (χ0) is 20.0. The van der Waals surface area contributed by atoms with E-state index >= 15 is 0 Å². The third kappa shape index (κ3) is 5.63. The van der Waals surface area contributed by atoms with E-state index in [4.69, 9.17) is 4.74 Å². The number of hydrogen-bond donors (Lipinski definition) is 2. The quantitative estimate of drug-likeness (QED) is 0.485. The van der Waals surface area contributed by atoms with E-state index in [-0.39, 0.29) is 24.9 Å². The van der Waals surface area contributed by atoms with Gasteiger partial charge in [-0.2, -0.15) is 0 Å². The van der Waals surface area contributed by atoms with Crippen LogP contribution < -0.4 is 10.6 Å². The van der Waals surface area contributed by atoms with Crippen molar-refractivity contribution >= 4 is 29.6 Å². The Morgan fingerprint density at radius 3 is 2.56 bits per heavy atom. The molecule has 2 N–H and O–H groups in total. The molecule has 9 nitrogen and oxygen atoms in total. The lowest BCUT2D eigenvalue weighted by molar-refractivity contribution is -0.151. The first-order valence-electron chi connectivity index (χ1n) is 8.42. The largest absolute Gasteiger partial charge is 0.454 e. The molecule has 1 heterocycles.